The zero-order valence-electron chi connectivity index (χ0n) is 11.3. The Morgan fingerprint density at radius 3 is 2.89 bits per heavy atom. The van der Waals surface area contributed by atoms with Gasteiger partial charge in [0.05, 0.1) is 6.10 Å². The fourth-order valence-electron chi connectivity index (χ4n) is 4.87. The Kier molecular flexibility index (Phi) is 2.63. The van der Waals surface area contributed by atoms with Gasteiger partial charge in [0.25, 0.3) is 0 Å². The molecule has 0 aromatic rings. The summed E-state index contributed by atoms with van der Waals surface area (Å²) in [7, 11) is 0. The van der Waals surface area contributed by atoms with Crippen LogP contribution in [0.1, 0.15) is 44.9 Å². The summed E-state index contributed by atoms with van der Waals surface area (Å²) in [6.45, 7) is 0. The molecule has 0 radical (unpaired) electrons. The Balaban J connectivity index is 1.82. The first kappa shape index (κ1) is 11.8. The van der Waals surface area contributed by atoms with Gasteiger partial charge in [-0.05, 0) is 79.6 Å². The van der Waals surface area contributed by atoms with Crippen LogP contribution in [-0.2, 0) is 0 Å². The number of hydrogen-bond donors (Lipinski definition) is 2. The van der Waals surface area contributed by atoms with Gasteiger partial charge in [-0.3, -0.25) is 0 Å². The first-order valence-electron chi connectivity index (χ1n) is 7.78. The lowest BCUT2D eigenvalue weighted by Crippen LogP contribution is -2.39. The molecule has 4 rings (SSSR count). The highest BCUT2D eigenvalue weighted by Gasteiger charge is 2.45. The lowest BCUT2D eigenvalue weighted by atomic mass is 9.62. The molecule has 102 valence electrons. The maximum atomic E-state index is 10.6. The first-order chi connectivity index (χ1) is 9.25. The Morgan fingerprint density at radius 1 is 1.11 bits per heavy atom. The molecule has 2 nitrogen and oxygen atoms in total. The zero-order valence-corrected chi connectivity index (χ0v) is 11.3. The highest BCUT2D eigenvalue weighted by molar-refractivity contribution is 5.48. The van der Waals surface area contributed by atoms with E-state index in [0.29, 0.717) is 17.6 Å². The second-order valence-electron chi connectivity index (χ2n) is 6.63. The molecular formula is C17H22O2. The second-order valence-corrected chi connectivity index (χ2v) is 6.63. The van der Waals surface area contributed by atoms with Gasteiger partial charge in [0.1, 0.15) is 5.76 Å². The summed E-state index contributed by atoms with van der Waals surface area (Å²) in [6.07, 6.45) is 12.0. The second kappa shape index (κ2) is 4.24. The molecule has 2 fully saturated rings. The largest absolute Gasteiger partial charge is 0.508 e. The van der Waals surface area contributed by atoms with Crippen molar-refractivity contribution in [2.75, 3.05) is 0 Å². The molecule has 4 aliphatic rings. The molecule has 0 aromatic heterocycles. The molecule has 2 saturated carbocycles. The lowest BCUT2D eigenvalue weighted by Gasteiger charge is -2.44. The molecule has 0 bridgehead atoms. The average molecular weight is 258 g/mol. The van der Waals surface area contributed by atoms with Gasteiger partial charge in [-0.1, -0.05) is 6.08 Å². The van der Waals surface area contributed by atoms with Crippen molar-refractivity contribution in [1.29, 1.82) is 0 Å². The molecule has 19 heavy (non-hydrogen) atoms. The van der Waals surface area contributed by atoms with Crippen molar-refractivity contribution in [2.45, 2.75) is 51.0 Å². The van der Waals surface area contributed by atoms with E-state index in [2.05, 4.69) is 6.08 Å². The van der Waals surface area contributed by atoms with Gasteiger partial charge >= 0.3 is 0 Å². The fourth-order valence-corrected chi connectivity index (χ4v) is 4.87. The van der Waals surface area contributed by atoms with E-state index in [9.17, 15) is 10.2 Å². The molecule has 0 spiro atoms. The van der Waals surface area contributed by atoms with E-state index in [1.165, 1.54) is 29.6 Å². The summed E-state index contributed by atoms with van der Waals surface area (Å²) in [5.74, 6) is 1.70. The van der Waals surface area contributed by atoms with Crippen LogP contribution in [0.2, 0.25) is 0 Å². The van der Waals surface area contributed by atoms with Crippen LogP contribution >= 0.6 is 0 Å². The van der Waals surface area contributed by atoms with Crippen LogP contribution in [0.3, 0.4) is 0 Å². The molecule has 0 amide bonds. The first-order valence-corrected chi connectivity index (χ1v) is 7.78. The SMILES string of the molecule is OC1=C2CCCC2C2C(=C1)C1=CCCCC1CC2O. The van der Waals surface area contributed by atoms with E-state index >= 15 is 0 Å². The van der Waals surface area contributed by atoms with Gasteiger partial charge in [0.15, 0.2) is 0 Å². The summed E-state index contributed by atoms with van der Waals surface area (Å²) in [4.78, 5) is 0. The molecule has 4 aliphatic carbocycles. The Labute approximate surface area is 114 Å². The minimum absolute atomic E-state index is 0.210. The lowest BCUT2D eigenvalue weighted by molar-refractivity contribution is 0.0640. The van der Waals surface area contributed by atoms with Crippen LogP contribution in [0, 0.1) is 17.8 Å². The normalized spacial score (nSPS) is 41.1. The van der Waals surface area contributed by atoms with Gasteiger partial charge in [-0.25, -0.2) is 0 Å². The van der Waals surface area contributed by atoms with E-state index in [1.54, 1.807) is 0 Å². The Morgan fingerprint density at radius 2 is 2.00 bits per heavy atom. The number of aliphatic hydroxyl groups excluding tert-OH is 2. The van der Waals surface area contributed by atoms with Crippen molar-refractivity contribution in [3.05, 3.63) is 34.6 Å². The van der Waals surface area contributed by atoms with Gasteiger partial charge in [-0.15, -0.1) is 0 Å². The van der Waals surface area contributed by atoms with Crippen molar-refractivity contribution in [2.24, 2.45) is 17.8 Å². The van der Waals surface area contributed by atoms with Crippen molar-refractivity contribution in [1.82, 2.24) is 0 Å². The zero-order chi connectivity index (χ0) is 13.0. The van der Waals surface area contributed by atoms with Crippen molar-refractivity contribution in [3.8, 4) is 0 Å². The molecule has 0 aromatic carbocycles. The van der Waals surface area contributed by atoms with Crippen LogP contribution < -0.4 is 0 Å². The third-order valence-corrected chi connectivity index (χ3v) is 5.66. The fraction of sp³-hybridized carbons (Fsp3) is 0.647. The summed E-state index contributed by atoms with van der Waals surface area (Å²) in [5, 5.41) is 20.9. The predicted molar refractivity (Wildman–Crippen MR) is 74.6 cm³/mol. The van der Waals surface area contributed by atoms with Crippen LogP contribution in [0.15, 0.2) is 34.6 Å². The number of allylic oxidation sites excluding steroid dienone is 4. The summed E-state index contributed by atoms with van der Waals surface area (Å²) in [6, 6.07) is 0. The number of rotatable bonds is 0. The minimum atomic E-state index is -0.210. The molecule has 2 heteroatoms. The van der Waals surface area contributed by atoms with E-state index in [1.807, 2.05) is 6.08 Å². The summed E-state index contributed by atoms with van der Waals surface area (Å²) in [5.41, 5.74) is 3.92. The molecule has 0 heterocycles. The quantitative estimate of drug-likeness (QED) is 0.696. The predicted octanol–water partition coefficient (Wildman–Crippen LogP) is 3.65. The molecule has 0 aliphatic heterocycles. The number of aliphatic hydroxyl groups is 2. The van der Waals surface area contributed by atoms with Gasteiger partial charge < -0.3 is 10.2 Å². The maximum absolute atomic E-state index is 10.6. The topological polar surface area (TPSA) is 40.5 Å². The summed E-state index contributed by atoms with van der Waals surface area (Å²) >= 11 is 0. The Bertz CT molecular complexity index is 497. The highest BCUT2D eigenvalue weighted by atomic mass is 16.3. The van der Waals surface area contributed by atoms with Crippen LogP contribution in [0.4, 0.5) is 0 Å². The molecule has 4 unspecified atom stereocenters. The number of fused-ring (bicyclic) bond motifs is 5. The van der Waals surface area contributed by atoms with Gasteiger partial charge in [0.2, 0.25) is 0 Å². The third-order valence-electron chi connectivity index (χ3n) is 5.66. The smallest absolute Gasteiger partial charge is 0.115 e. The van der Waals surface area contributed by atoms with Crippen LogP contribution in [0.25, 0.3) is 0 Å². The monoisotopic (exact) mass is 258 g/mol. The highest BCUT2D eigenvalue weighted by Crippen LogP contribution is 2.53. The van der Waals surface area contributed by atoms with E-state index in [0.717, 1.165) is 32.1 Å². The van der Waals surface area contributed by atoms with E-state index in [-0.39, 0.29) is 12.0 Å². The minimum Gasteiger partial charge on any atom is -0.508 e. The van der Waals surface area contributed by atoms with Crippen LogP contribution in [0.5, 0.6) is 0 Å². The van der Waals surface area contributed by atoms with Crippen molar-refractivity contribution >= 4 is 0 Å². The van der Waals surface area contributed by atoms with Gasteiger partial charge in [-0.2, -0.15) is 0 Å². The van der Waals surface area contributed by atoms with Crippen molar-refractivity contribution < 1.29 is 10.2 Å². The van der Waals surface area contributed by atoms with Crippen molar-refractivity contribution in [3.63, 3.8) is 0 Å². The molecular weight excluding hydrogens is 236 g/mol. The molecule has 0 saturated heterocycles. The number of hydrogen-bond acceptors (Lipinski definition) is 2. The van der Waals surface area contributed by atoms with Crippen LogP contribution in [-0.4, -0.2) is 16.3 Å². The summed E-state index contributed by atoms with van der Waals surface area (Å²) < 4.78 is 0. The third kappa shape index (κ3) is 1.66. The molecule has 4 atom stereocenters. The van der Waals surface area contributed by atoms with E-state index < -0.39 is 0 Å². The molecule has 2 N–H and O–H groups in total. The van der Waals surface area contributed by atoms with Gasteiger partial charge in [0, 0.05) is 5.92 Å². The van der Waals surface area contributed by atoms with E-state index in [4.69, 9.17) is 0 Å². The Hall–Kier alpha value is -1.02. The standard InChI is InChI=1S/C17H22O2/c18-15-9-14-11-5-2-1-4-10(11)8-16(19)17(14)13-7-3-6-12(13)15/h5,9-10,13,16-19H,1-4,6-8H2. The average Bonchev–Trinajstić information content (AvgIpc) is 2.88. The maximum Gasteiger partial charge on any atom is 0.115 e.